The standard InChI is InChI=1S/C21H27BrN4O2S2/c1-4-11-30-21-23-13-16(22)18(26-21)20(28)25-17(10-12-29-3)19(27)24-15-8-6-14(5-2)7-9-15/h6-9,13,17H,4-5,10-12H2,1-3H3,(H,24,27)(H,25,28)/t17-/m1/s1. The number of carbonyl (C=O) groups is 2. The van der Waals surface area contributed by atoms with Crippen LogP contribution in [0.1, 0.15) is 42.7 Å². The fourth-order valence-corrected chi connectivity index (χ4v) is 4.07. The summed E-state index contributed by atoms with van der Waals surface area (Å²) in [5, 5.41) is 6.29. The third-order valence-corrected chi connectivity index (χ3v) is 6.53. The number of anilines is 1. The second-order valence-corrected chi connectivity index (χ2v) is 9.45. The number of halogens is 1. The molecule has 1 heterocycles. The molecular weight excluding hydrogens is 484 g/mol. The molecule has 2 amide bonds. The maximum atomic E-state index is 12.9. The van der Waals surface area contributed by atoms with Crippen molar-refractivity contribution < 1.29 is 9.59 Å². The summed E-state index contributed by atoms with van der Waals surface area (Å²) < 4.78 is 0.500. The molecule has 162 valence electrons. The first kappa shape index (κ1) is 24.7. The van der Waals surface area contributed by atoms with E-state index in [0.717, 1.165) is 24.3 Å². The molecule has 0 bridgehead atoms. The van der Waals surface area contributed by atoms with Gasteiger partial charge in [-0.15, -0.1) is 0 Å². The van der Waals surface area contributed by atoms with Crippen LogP contribution in [0.2, 0.25) is 0 Å². The van der Waals surface area contributed by atoms with Crippen molar-refractivity contribution in [3.63, 3.8) is 0 Å². The van der Waals surface area contributed by atoms with Crippen LogP contribution in [0, 0.1) is 0 Å². The molecule has 0 aliphatic heterocycles. The van der Waals surface area contributed by atoms with Gasteiger partial charge in [-0.05, 0) is 64.9 Å². The normalized spacial score (nSPS) is 11.7. The SMILES string of the molecule is CCCSc1ncc(Br)c(C(=O)N[C@H](CCSC)C(=O)Nc2ccc(CC)cc2)n1. The molecule has 2 N–H and O–H groups in total. The zero-order valence-electron chi connectivity index (χ0n) is 17.4. The zero-order valence-corrected chi connectivity index (χ0v) is 20.6. The fourth-order valence-electron chi connectivity index (χ4n) is 2.56. The average Bonchev–Trinajstić information content (AvgIpc) is 2.76. The van der Waals surface area contributed by atoms with Gasteiger partial charge in [0.1, 0.15) is 11.7 Å². The summed E-state index contributed by atoms with van der Waals surface area (Å²) >= 11 is 6.47. The van der Waals surface area contributed by atoms with Crippen LogP contribution in [-0.4, -0.2) is 45.6 Å². The van der Waals surface area contributed by atoms with Gasteiger partial charge in [-0.25, -0.2) is 9.97 Å². The first-order valence-corrected chi connectivity index (χ1v) is 13.0. The van der Waals surface area contributed by atoms with Crippen molar-refractivity contribution in [3.05, 3.63) is 46.2 Å². The monoisotopic (exact) mass is 510 g/mol. The number of carbonyl (C=O) groups excluding carboxylic acids is 2. The molecule has 2 rings (SSSR count). The number of thioether (sulfide) groups is 2. The number of nitrogens with zero attached hydrogens (tertiary/aromatic N) is 2. The van der Waals surface area contributed by atoms with Crippen molar-refractivity contribution >= 4 is 57.0 Å². The van der Waals surface area contributed by atoms with Crippen LogP contribution in [0.4, 0.5) is 5.69 Å². The Morgan fingerprint density at radius 2 is 1.90 bits per heavy atom. The van der Waals surface area contributed by atoms with E-state index in [1.54, 1.807) is 18.0 Å². The number of hydrogen-bond acceptors (Lipinski definition) is 6. The molecule has 1 atom stereocenters. The van der Waals surface area contributed by atoms with Gasteiger partial charge in [0.15, 0.2) is 5.16 Å². The van der Waals surface area contributed by atoms with E-state index in [1.807, 2.05) is 30.5 Å². The molecule has 2 aromatic rings. The smallest absolute Gasteiger partial charge is 0.271 e. The minimum atomic E-state index is -0.663. The first-order chi connectivity index (χ1) is 14.5. The van der Waals surface area contributed by atoms with E-state index in [2.05, 4.69) is 50.4 Å². The lowest BCUT2D eigenvalue weighted by molar-refractivity contribution is -0.118. The number of nitrogens with one attached hydrogen (secondary N) is 2. The van der Waals surface area contributed by atoms with Gasteiger partial charge in [-0.3, -0.25) is 9.59 Å². The quantitative estimate of drug-likeness (QED) is 0.333. The molecule has 30 heavy (non-hydrogen) atoms. The summed E-state index contributed by atoms with van der Waals surface area (Å²) in [5.74, 6) is 0.978. The van der Waals surface area contributed by atoms with Crippen LogP contribution in [0.3, 0.4) is 0 Å². The second kappa shape index (κ2) is 13.0. The van der Waals surface area contributed by atoms with Crippen LogP contribution in [0.15, 0.2) is 40.1 Å². The number of aryl methyl sites for hydroxylation is 1. The zero-order chi connectivity index (χ0) is 21.9. The van der Waals surface area contributed by atoms with Crippen LogP contribution in [0.25, 0.3) is 0 Å². The van der Waals surface area contributed by atoms with Gasteiger partial charge < -0.3 is 10.6 Å². The highest BCUT2D eigenvalue weighted by atomic mass is 79.9. The summed E-state index contributed by atoms with van der Waals surface area (Å²) in [6.07, 6.45) is 5.99. The molecule has 0 fully saturated rings. The minimum absolute atomic E-state index is 0.234. The van der Waals surface area contributed by atoms with Gasteiger partial charge in [0.2, 0.25) is 5.91 Å². The largest absolute Gasteiger partial charge is 0.339 e. The maximum Gasteiger partial charge on any atom is 0.271 e. The molecule has 1 aromatic heterocycles. The van der Waals surface area contributed by atoms with Crippen LogP contribution >= 0.6 is 39.5 Å². The Kier molecular flexibility index (Phi) is 10.7. The van der Waals surface area contributed by atoms with Gasteiger partial charge in [0.05, 0.1) is 4.47 Å². The average molecular weight is 512 g/mol. The lowest BCUT2D eigenvalue weighted by atomic mass is 10.1. The molecule has 0 spiro atoms. The van der Waals surface area contributed by atoms with Crippen LogP contribution in [0.5, 0.6) is 0 Å². The van der Waals surface area contributed by atoms with Crippen LogP contribution < -0.4 is 10.6 Å². The third kappa shape index (κ3) is 7.59. The highest BCUT2D eigenvalue weighted by Crippen LogP contribution is 2.20. The number of benzene rings is 1. The summed E-state index contributed by atoms with van der Waals surface area (Å²) in [6, 6.07) is 7.06. The molecule has 0 saturated carbocycles. The highest BCUT2D eigenvalue weighted by Gasteiger charge is 2.23. The van der Waals surface area contributed by atoms with Crippen LogP contribution in [-0.2, 0) is 11.2 Å². The number of amides is 2. The molecule has 9 heteroatoms. The van der Waals surface area contributed by atoms with E-state index in [9.17, 15) is 9.59 Å². The Morgan fingerprint density at radius 1 is 1.17 bits per heavy atom. The number of rotatable bonds is 11. The lowest BCUT2D eigenvalue weighted by Crippen LogP contribution is -2.44. The highest BCUT2D eigenvalue weighted by molar-refractivity contribution is 9.10. The van der Waals surface area contributed by atoms with Gasteiger partial charge in [-0.2, -0.15) is 11.8 Å². The lowest BCUT2D eigenvalue weighted by Gasteiger charge is -2.18. The predicted molar refractivity (Wildman–Crippen MR) is 129 cm³/mol. The Labute approximate surface area is 194 Å². The van der Waals surface area contributed by atoms with Gasteiger partial charge in [-0.1, -0.05) is 37.7 Å². The van der Waals surface area contributed by atoms with Crippen molar-refractivity contribution in [2.24, 2.45) is 0 Å². The minimum Gasteiger partial charge on any atom is -0.339 e. The van der Waals surface area contributed by atoms with E-state index < -0.39 is 11.9 Å². The van der Waals surface area contributed by atoms with Gasteiger partial charge in [0, 0.05) is 17.6 Å². The molecule has 0 saturated heterocycles. The van der Waals surface area contributed by atoms with Crippen molar-refractivity contribution in [2.45, 2.75) is 44.3 Å². The Morgan fingerprint density at radius 3 is 2.53 bits per heavy atom. The third-order valence-electron chi connectivity index (χ3n) is 4.23. The molecule has 6 nitrogen and oxygen atoms in total. The molecule has 0 aliphatic carbocycles. The fraction of sp³-hybridized carbons (Fsp3) is 0.429. The van der Waals surface area contributed by atoms with E-state index in [0.29, 0.717) is 21.7 Å². The van der Waals surface area contributed by atoms with Gasteiger partial charge >= 0.3 is 0 Å². The molecule has 1 aromatic carbocycles. The Bertz CT molecular complexity index is 849. The van der Waals surface area contributed by atoms with Crippen molar-refractivity contribution in [2.75, 3.05) is 23.1 Å². The molecule has 0 aliphatic rings. The molecular formula is C21H27BrN4O2S2. The van der Waals surface area contributed by atoms with Crippen molar-refractivity contribution in [3.8, 4) is 0 Å². The first-order valence-electron chi connectivity index (χ1n) is 9.83. The topological polar surface area (TPSA) is 84.0 Å². The van der Waals surface area contributed by atoms with Crippen molar-refractivity contribution in [1.29, 1.82) is 0 Å². The Hall–Kier alpha value is -1.58. The summed E-state index contributed by atoms with van der Waals surface area (Å²) in [6.45, 7) is 4.16. The summed E-state index contributed by atoms with van der Waals surface area (Å²) in [5.41, 5.74) is 2.14. The molecule has 0 unspecified atom stereocenters. The van der Waals surface area contributed by atoms with E-state index in [4.69, 9.17) is 0 Å². The van der Waals surface area contributed by atoms with E-state index >= 15 is 0 Å². The second-order valence-electron chi connectivity index (χ2n) is 6.54. The van der Waals surface area contributed by atoms with Crippen molar-refractivity contribution in [1.82, 2.24) is 15.3 Å². The summed E-state index contributed by atoms with van der Waals surface area (Å²) in [4.78, 5) is 34.3. The molecule has 0 radical (unpaired) electrons. The summed E-state index contributed by atoms with van der Waals surface area (Å²) in [7, 11) is 0. The number of aromatic nitrogens is 2. The van der Waals surface area contributed by atoms with Gasteiger partial charge in [0.25, 0.3) is 5.91 Å². The van der Waals surface area contributed by atoms with E-state index in [1.165, 1.54) is 17.3 Å². The maximum absolute atomic E-state index is 12.9. The van der Waals surface area contributed by atoms with E-state index in [-0.39, 0.29) is 11.6 Å². The predicted octanol–water partition coefficient (Wildman–Crippen LogP) is 4.79. The number of hydrogen-bond donors (Lipinski definition) is 2. The Balaban J connectivity index is 2.12.